The summed E-state index contributed by atoms with van der Waals surface area (Å²) in [6, 6.07) is 7.42. The van der Waals surface area contributed by atoms with Crippen molar-refractivity contribution in [3.63, 3.8) is 0 Å². The maximum atomic E-state index is 12.9. The van der Waals surface area contributed by atoms with Gasteiger partial charge in [0.25, 0.3) is 15.9 Å². The van der Waals surface area contributed by atoms with Gasteiger partial charge < -0.3 is 4.90 Å². The first-order valence-corrected chi connectivity index (χ1v) is 9.70. The fourth-order valence-corrected chi connectivity index (χ4v) is 4.69. The lowest BCUT2D eigenvalue weighted by Gasteiger charge is -2.35. The van der Waals surface area contributed by atoms with Crippen molar-refractivity contribution in [3.8, 4) is 0 Å². The molecule has 0 atom stereocenters. The van der Waals surface area contributed by atoms with E-state index >= 15 is 0 Å². The van der Waals surface area contributed by atoms with Crippen LogP contribution >= 0.6 is 11.6 Å². The number of rotatable bonds is 4. The second-order valence-electron chi connectivity index (χ2n) is 5.84. The zero-order valence-electron chi connectivity index (χ0n) is 14.1. The molecule has 1 fully saturated rings. The maximum Gasteiger partial charge on any atom is 0.269 e. The monoisotopic (exact) mass is 398 g/mol. The molecular weight excluding hydrogens is 380 g/mol. The van der Waals surface area contributed by atoms with Gasteiger partial charge in [-0.2, -0.15) is 9.40 Å². The Hall–Kier alpha value is -2.14. The Morgan fingerprint density at radius 2 is 1.88 bits per heavy atom. The number of sulfonamides is 1. The quantitative estimate of drug-likeness (QED) is 0.431. The number of hydrogen-bond donors (Lipinski definition) is 2. The van der Waals surface area contributed by atoms with Crippen LogP contribution < -0.4 is 16.2 Å². The Balaban J connectivity index is 1.81. The number of halogens is 1. The number of piperazine rings is 1. The molecule has 0 saturated carbocycles. The Morgan fingerprint density at radius 1 is 1.23 bits per heavy atom. The Morgan fingerprint density at radius 3 is 2.50 bits per heavy atom. The summed E-state index contributed by atoms with van der Waals surface area (Å²) in [6.45, 7) is 1.48. The topological polar surface area (TPSA) is 114 Å². The third kappa shape index (κ3) is 3.40. The molecule has 0 unspecified atom stereocenters. The molecule has 2 aromatic rings. The highest BCUT2D eigenvalue weighted by Gasteiger charge is 2.34. The number of aromatic nitrogens is 2. The van der Waals surface area contributed by atoms with Gasteiger partial charge in [0.1, 0.15) is 0 Å². The fourth-order valence-electron chi connectivity index (χ4n) is 2.89. The van der Waals surface area contributed by atoms with Gasteiger partial charge in [0.05, 0.1) is 16.3 Å². The number of hydrogen-bond acceptors (Lipinski definition) is 6. The zero-order chi connectivity index (χ0) is 18.9. The highest BCUT2D eigenvalue weighted by atomic mass is 35.5. The molecule has 1 saturated heterocycles. The smallest absolute Gasteiger partial charge is 0.269 e. The minimum atomic E-state index is -3.92. The first-order chi connectivity index (χ1) is 12.3. The number of hydrazine groups is 1. The number of nitrogens with one attached hydrogen (secondary N) is 1. The zero-order valence-corrected chi connectivity index (χ0v) is 15.7. The normalized spacial score (nSPS) is 15.9. The Bertz CT molecular complexity index is 921. The molecule has 0 aliphatic carbocycles. The lowest BCUT2D eigenvalue weighted by atomic mass is 10.2. The Labute approximate surface area is 156 Å². The van der Waals surface area contributed by atoms with E-state index in [0.717, 1.165) is 5.69 Å². The summed E-state index contributed by atoms with van der Waals surface area (Å²) in [4.78, 5) is 13.9. The summed E-state index contributed by atoms with van der Waals surface area (Å²) in [7, 11) is -2.37. The fraction of sp³-hybridized carbons (Fsp3) is 0.333. The summed E-state index contributed by atoms with van der Waals surface area (Å²) < 4.78 is 28.5. The van der Waals surface area contributed by atoms with Gasteiger partial charge in [0.15, 0.2) is 0 Å². The standard InChI is InChI=1S/C15H19ClN6O3S/c1-20-10-11(14(23)18-17)15(19-20)26(24,25)22-8-6-21(7-9-22)13-5-3-2-4-12(13)16/h2-5,10H,6-9,17H2,1H3,(H,18,23). The van der Waals surface area contributed by atoms with Gasteiger partial charge in [0, 0.05) is 39.4 Å². The molecule has 1 aliphatic heterocycles. The van der Waals surface area contributed by atoms with Crippen LogP contribution in [0, 0.1) is 0 Å². The van der Waals surface area contributed by atoms with Gasteiger partial charge in [0.2, 0.25) is 5.03 Å². The van der Waals surface area contributed by atoms with E-state index in [4.69, 9.17) is 17.4 Å². The second-order valence-corrected chi connectivity index (χ2v) is 8.10. The van der Waals surface area contributed by atoms with E-state index in [2.05, 4.69) is 5.10 Å². The van der Waals surface area contributed by atoms with E-state index in [1.54, 1.807) is 13.1 Å². The molecule has 1 aromatic heterocycles. The summed E-state index contributed by atoms with van der Waals surface area (Å²) in [5.41, 5.74) is 2.73. The van der Waals surface area contributed by atoms with E-state index in [-0.39, 0.29) is 23.7 Å². The molecule has 26 heavy (non-hydrogen) atoms. The molecule has 0 radical (unpaired) electrons. The molecule has 1 aromatic carbocycles. The van der Waals surface area contributed by atoms with Crippen LogP contribution in [0.5, 0.6) is 0 Å². The van der Waals surface area contributed by atoms with Crippen molar-refractivity contribution in [2.45, 2.75) is 5.03 Å². The van der Waals surface area contributed by atoms with Crippen LogP contribution in [0.3, 0.4) is 0 Å². The van der Waals surface area contributed by atoms with Crippen LogP contribution in [0.1, 0.15) is 10.4 Å². The number of nitrogens with two attached hydrogens (primary N) is 1. The van der Waals surface area contributed by atoms with E-state index in [1.807, 2.05) is 28.5 Å². The van der Waals surface area contributed by atoms with Crippen molar-refractivity contribution < 1.29 is 13.2 Å². The molecule has 140 valence electrons. The van der Waals surface area contributed by atoms with E-state index in [0.29, 0.717) is 18.1 Å². The summed E-state index contributed by atoms with van der Waals surface area (Å²) in [5.74, 6) is 4.43. The van der Waals surface area contributed by atoms with Gasteiger partial charge in [-0.25, -0.2) is 14.3 Å². The second kappa shape index (κ2) is 7.23. The summed E-state index contributed by atoms with van der Waals surface area (Å²) in [6.07, 6.45) is 1.33. The van der Waals surface area contributed by atoms with Gasteiger partial charge in [-0.1, -0.05) is 23.7 Å². The SMILES string of the molecule is Cn1cc(C(=O)NN)c(S(=O)(=O)N2CCN(c3ccccc3Cl)CC2)n1. The number of carbonyl (C=O) groups excluding carboxylic acids is 1. The molecule has 0 bridgehead atoms. The van der Waals surface area contributed by atoms with Crippen LogP contribution in [-0.4, -0.2) is 54.6 Å². The van der Waals surface area contributed by atoms with Gasteiger partial charge in [-0.3, -0.25) is 14.9 Å². The number of anilines is 1. The molecule has 3 rings (SSSR count). The van der Waals surface area contributed by atoms with Crippen molar-refractivity contribution in [2.75, 3.05) is 31.1 Å². The molecule has 2 heterocycles. The molecule has 11 heteroatoms. The lowest BCUT2D eigenvalue weighted by molar-refractivity contribution is 0.0950. The largest absolute Gasteiger partial charge is 0.368 e. The molecule has 1 aliphatic rings. The highest BCUT2D eigenvalue weighted by Crippen LogP contribution is 2.27. The number of aryl methyl sites for hydroxylation is 1. The average molecular weight is 399 g/mol. The molecule has 1 amide bonds. The van der Waals surface area contributed by atoms with Gasteiger partial charge >= 0.3 is 0 Å². The number of nitrogens with zero attached hydrogens (tertiary/aromatic N) is 4. The van der Waals surface area contributed by atoms with Crippen LogP contribution in [0.2, 0.25) is 5.02 Å². The van der Waals surface area contributed by atoms with Crippen LogP contribution in [0.4, 0.5) is 5.69 Å². The summed E-state index contributed by atoms with van der Waals surface area (Å²) in [5, 5.41) is 4.28. The molecule has 9 nitrogen and oxygen atoms in total. The summed E-state index contributed by atoms with van der Waals surface area (Å²) >= 11 is 6.21. The maximum absolute atomic E-state index is 12.9. The van der Waals surface area contributed by atoms with Crippen molar-refractivity contribution in [2.24, 2.45) is 12.9 Å². The number of carbonyl (C=O) groups is 1. The lowest BCUT2D eigenvalue weighted by Crippen LogP contribution is -2.49. The van der Waals surface area contributed by atoms with Crippen molar-refractivity contribution >= 4 is 33.2 Å². The van der Waals surface area contributed by atoms with Gasteiger partial charge in [-0.05, 0) is 12.1 Å². The van der Waals surface area contributed by atoms with Crippen LogP contribution in [-0.2, 0) is 17.1 Å². The first kappa shape index (κ1) is 18.6. The van der Waals surface area contributed by atoms with Crippen LogP contribution in [0.25, 0.3) is 0 Å². The number of benzene rings is 1. The Kier molecular flexibility index (Phi) is 5.19. The van der Waals surface area contributed by atoms with Gasteiger partial charge in [-0.15, -0.1) is 0 Å². The van der Waals surface area contributed by atoms with E-state index < -0.39 is 15.9 Å². The number of amides is 1. The number of para-hydroxylation sites is 1. The molecule has 0 spiro atoms. The predicted molar refractivity (Wildman–Crippen MR) is 97.3 cm³/mol. The third-order valence-corrected chi connectivity index (χ3v) is 6.34. The van der Waals surface area contributed by atoms with E-state index in [1.165, 1.54) is 15.2 Å². The number of nitrogen functional groups attached to an aromatic ring is 1. The minimum Gasteiger partial charge on any atom is -0.368 e. The average Bonchev–Trinajstić information content (AvgIpc) is 3.04. The van der Waals surface area contributed by atoms with Crippen molar-refractivity contribution in [1.29, 1.82) is 0 Å². The third-order valence-electron chi connectivity index (χ3n) is 4.19. The molecule has 3 N–H and O–H groups in total. The first-order valence-electron chi connectivity index (χ1n) is 7.89. The molecular formula is C15H19ClN6O3S. The van der Waals surface area contributed by atoms with Crippen LogP contribution in [0.15, 0.2) is 35.5 Å². The minimum absolute atomic E-state index is 0.0801. The highest BCUT2D eigenvalue weighted by molar-refractivity contribution is 7.89. The predicted octanol–water partition coefficient (Wildman–Crippen LogP) is 0.188. The van der Waals surface area contributed by atoms with Crippen molar-refractivity contribution in [3.05, 3.63) is 41.0 Å². The van der Waals surface area contributed by atoms with E-state index in [9.17, 15) is 13.2 Å². The van der Waals surface area contributed by atoms with Crippen molar-refractivity contribution in [1.82, 2.24) is 19.5 Å².